The Bertz CT molecular complexity index is 1360. The number of allylic oxidation sites excluding steroid dienone is 2. The van der Waals surface area contributed by atoms with Gasteiger partial charge in [-0.1, -0.05) is 39.1 Å². The lowest BCUT2D eigenvalue weighted by atomic mass is 9.72. The Morgan fingerprint density at radius 2 is 1.86 bits per heavy atom. The maximum Gasteiger partial charge on any atom is 0.237 e. The molecule has 3 heterocycles. The van der Waals surface area contributed by atoms with Crippen LogP contribution in [0.2, 0.25) is 25.7 Å². The Hall–Kier alpha value is -2.22. The summed E-state index contributed by atoms with van der Waals surface area (Å²) in [5, 5.41) is 5.14. The van der Waals surface area contributed by atoms with Crippen molar-refractivity contribution >= 4 is 30.8 Å². The van der Waals surface area contributed by atoms with Gasteiger partial charge in [-0.25, -0.2) is 4.68 Å². The van der Waals surface area contributed by atoms with Gasteiger partial charge in [0.15, 0.2) is 0 Å². The fraction of sp³-hybridized carbons (Fsp3) is 0.657. The molecule has 2 aromatic rings. The first-order valence-corrected chi connectivity index (χ1v) is 20.4. The molecule has 2 aliphatic heterocycles. The number of hydrogen-bond acceptors (Lipinski definition) is 4. The van der Waals surface area contributed by atoms with Crippen LogP contribution in [0.5, 0.6) is 0 Å². The average Bonchev–Trinajstić information content (AvgIpc) is 3.72. The maximum atomic E-state index is 14.1. The zero-order chi connectivity index (χ0) is 29.6. The van der Waals surface area contributed by atoms with Gasteiger partial charge in [0, 0.05) is 39.2 Å². The lowest BCUT2D eigenvalue weighted by Crippen LogP contribution is -2.49. The van der Waals surface area contributed by atoms with Crippen molar-refractivity contribution in [1.29, 1.82) is 0 Å². The number of aromatic nitrogens is 2. The Labute approximate surface area is 254 Å². The van der Waals surface area contributed by atoms with Crippen LogP contribution in [0.1, 0.15) is 93.2 Å². The van der Waals surface area contributed by atoms with E-state index in [0.717, 1.165) is 82.9 Å². The van der Waals surface area contributed by atoms with Gasteiger partial charge in [0.05, 0.1) is 11.1 Å². The number of carbonyl (C=O) groups is 1. The summed E-state index contributed by atoms with van der Waals surface area (Å²) in [5.74, 6) is 0.339. The van der Waals surface area contributed by atoms with Crippen LogP contribution >= 0.6 is 0 Å². The van der Waals surface area contributed by atoms with Crippen LogP contribution in [0, 0.1) is 6.92 Å². The van der Waals surface area contributed by atoms with E-state index in [0.29, 0.717) is 12.6 Å². The molecule has 6 rings (SSSR count). The molecular weight excluding hydrogens is 536 g/mol. The molecule has 6 nitrogen and oxygen atoms in total. The number of ether oxygens (including phenoxy) is 1. The molecule has 0 atom stereocenters. The van der Waals surface area contributed by atoms with Gasteiger partial charge in [0.1, 0.15) is 6.73 Å². The SMILES string of the molecule is CCCC1=C(c2cc3c(cc2C)C2(CCN(C4CC4)CC2)C(=O)N3CC)CCCc2cn(COCC[Si](C)(C)C)nc21. The van der Waals surface area contributed by atoms with Crippen LogP contribution in [0.3, 0.4) is 0 Å². The Morgan fingerprint density at radius 3 is 2.52 bits per heavy atom. The number of likely N-dealkylation sites (tertiary alicyclic amines) is 1. The number of fused-ring (bicyclic) bond motifs is 3. The molecule has 1 saturated heterocycles. The maximum absolute atomic E-state index is 14.1. The van der Waals surface area contributed by atoms with Crippen molar-refractivity contribution in [3.8, 4) is 0 Å². The molecule has 1 aromatic heterocycles. The van der Waals surface area contributed by atoms with E-state index in [1.165, 1.54) is 58.0 Å². The molecular formula is C35H52N4O2Si. The largest absolute Gasteiger partial charge is 0.360 e. The molecule has 0 N–H and O–H groups in total. The summed E-state index contributed by atoms with van der Waals surface area (Å²) >= 11 is 0. The first kappa shape index (κ1) is 29.8. The topological polar surface area (TPSA) is 50.6 Å². The number of anilines is 1. The van der Waals surface area contributed by atoms with E-state index >= 15 is 0 Å². The first-order chi connectivity index (χ1) is 20.1. The van der Waals surface area contributed by atoms with Gasteiger partial charge in [-0.3, -0.25) is 4.79 Å². The van der Waals surface area contributed by atoms with Crippen molar-refractivity contribution in [1.82, 2.24) is 14.7 Å². The summed E-state index contributed by atoms with van der Waals surface area (Å²) in [7, 11) is -1.11. The molecule has 2 fully saturated rings. The number of carbonyl (C=O) groups excluding carboxylic acids is 1. The summed E-state index contributed by atoms with van der Waals surface area (Å²) in [4.78, 5) is 18.8. The predicted octanol–water partition coefficient (Wildman–Crippen LogP) is 7.41. The number of hydrogen-bond donors (Lipinski definition) is 0. The van der Waals surface area contributed by atoms with Gasteiger partial charge in [0.25, 0.3) is 0 Å². The summed E-state index contributed by atoms with van der Waals surface area (Å²) < 4.78 is 8.10. The van der Waals surface area contributed by atoms with Crippen LogP contribution in [0.4, 0.5) is 5.69 Å². The van der Waals surface area contributed by atoms with E-state index in [1.54, 1.807) is 0 Å². The fourth-order valence-electron chi connectivity index (χ4n) is 7.69. The van der Waals surface area contributed by atoms with Crippen molar-refractivity contribution in [3.05, 3.63) is 46.3 Å². The summed E-state index contributed by atoms with van der Waals surface area (Å²) in [6.07, 6.45) is 12.1. The molecule has 7 heteroatoms. The van der Waals surface area contributed by atoms with Crippen LogP contribution in [-0.2, 0) is 28.1 Å². The van der Waals surface area contributed by atoms with Gasteiger partial charge < -0.3 is 14.5 Å². The van der Waals surface area contributed by atoms with E-state index in [-0.39, 0.29) is 5.41 Å². The van der Waals surface area contributed by atoms with Gasteiger partial charge in [-0.2, -0.15) is 5.10 Å². The Morgan fingerprint density at radius 1 is 1.10 bits per heavy atom. The fourth-order valence-corrected chi connectivity index (χ4v) is 8.44. The number of amides is 1. The second kappa shape index (κ2) is 11.7. The smallest absolute Gasteiger partial charge is 0.237 e. The minimum absolute atomic E-state index is 0.339. The highest BCUT2D eigenvalue weighted by Gasteiger charge is 2.52. The van der Waals surface area contributed by atoms with Crippen LogP contribution in [0.25, 0.3) is 11.1 Å². The molecule has 1 amide bonds. The molecule has 228 valence electrons. The molecule has 0 radical (unpaired) electrons. The van der Waals surface area contributed by atoms with Crippen LogP contribution in [-0.4, -0.2) is 60.9 Å². The number of benzene rings is 1. The number of rotatable bonds is 10. The third-order valence-electron chi connectivity index (χ3n) is 10.2. The van der Waals surface area contributed by atoms with E-state index in [9.17, 15) is 4.79 Å². The first-order valence-electron chi connectivity index (χ1n) is 16.7. The molecule has 42 heavy (non-hydrogen) atoms. The third kappa shape index (κ3) is 5.57. The van der Waals surface area contributed by atoms with Crippen molar-refractivity contribution in [3.63, 3.8) is 0 Å². The zero-order valence-corrected chi connectivity index (χ0v) is 28.0. The second-order valence-electron chi connectivity index (χ2n) is 14.5. The molecule has 0 unspecified atom stereocenters. The second-order valence-corrected chi connectivity index (χ2v) is 20.2. The Kier molecular flexibility index (Phi) is 8.31. The molecule has 1 saturated carbocycles. The molecule has 0 bridgehead atoms. The van der Waals surface area contributed by atoms with E-state index < -0.39 is 8.07 Å². The van der Waals surface area contributed by atoms with Gasteiger partial charge in [0.2, 0.25) is 5.91 Å². The lowest BCUT2D eigenvalue weighted by Gasteiger charge is -2.38. The van der Waals surface area contributed by atoms with Crippen molar-refractivity contribution in [2.75, 3.05) is 31.1 Å². The van der Waals surface area contributed by atoms with Crippen molar-refractivity contribution in [2.24, 2.45) is 0 Å². The van der Waals surface area contributed by atoms with E-state index in [4.69, 9.17) is 9.84 Å². The Balaban J connectivity index is 1.34. The summed E-state index contributed by atoms with van der Waals surface area (Å²) in [6, 6.07) is 6.74. The van der Waals surface area contributed by atoms with Crippen molar-refractivity contribution < 1.29 is 9.53 Å². The number of nitrogens with zero attached hydrogens (tertiary/aromatic N) is 4. The average molecular weight is 589 g/mol. The van der Waals surface area contributed by atoms with E-state index in [2.05, 4.69) is 68.5 Å². The van der Waals surface area contributed by atoms with Crippen LogP contribution in [0.15, 0.2) is 18.3 Å². The number of likely N-dealkylation sites (N-methyl/N-ethyl adjacent to an activating group) is 1. The molecule has 1 aromatic carbocycles. The van der Waals surface area contributed by atoms with Crippen molar-refractivity contribution in [2.45, 2.75) is 122 Å². The van der Waals surface area contributed by atoms with Gasteiger partial charge in [-0.05, 0) is 124 Å². The molecule has 1 spiro atoms. The standard InChI is InChI=1S/C35H52N4O2Si/c1-7-10-29-28(12-9-11-26-23-38(36-33(26)29)24-41-19-20-42(4,5)6)30-22-32-31(21-25(30)3)35(34(40)39(32)8-2)15-17-37(18-16-35)27-13-14-27/h21-23,27H,7-20,24H2,1-6H3. The number of aryl methyl sites for hydroxylation is 2. The van der Waals surface area contributed by atoms with Gasteiger partial charge in [-0.15, -0.1) is 0 Å². The monoisotopic (exact) mass is 588 g/mol. The molecule has 2 aliphatic carbocycles. The molecule has 4 aliphatic rings. The minimum atomic E-state index is -1.11. The minimum Gasteiger partial charge on any atom is -0.360 e. The predicted molar refractivity (Wildman–Crippen MR) is 176 cm³/mol. The summed E-state index contributed by atoms with van der Waals surface area (Å²) in [5.41, 5.74) is 10.1. The zero-order valence-electron chi connectivity index (χ0n) is 27.0. The highest BCUT2D eigenvalue weighted by Crippen LogP contribution is 2.51. The van der Waals surface area contributed by atoms with Crippen LogP contribution < -0.4 is 4.90 Å². The lowest BCUT2D eigenvalue weighted by molar-refractivity contribution is -0.124. The normalized spacial score (nSPS) is 20.8. The third-order valence-corrected chi connectivity index (χ3v) is 11.9. The quantitative estimate of drug-likeness (QED) is 0.214. The highest BCUT2D eigenvalue weighted by molar-refractivity contribution is 6.76. The highest BCUT2D eigenvalue weighted by atomic mass is 28.3. The number of piperidine rings is 1. The van der Waals surface area contributed by atoms with E-state index in [1.807, 2.05) is 4.68 Å². The summed E-state index contributed by atoms with van der Waals surface area (Å²) in [6.45, 7) is 18.0. The van der Waals surface area contributed by atoms with Gasteiger partial charge >= 0.3 is 0 Å².